The summed E-state index contributed by atoms with van der Waals surface area (Å²) >= 11 is 0. The molecule has 1 aromatic rings. The van der Waals surface area contributed by atoms with Gasteiger partial charge in [-0.3, -0.25) is 4.68 Å². The first-order valence-electron chi connectivity index (χ1n) is 7.85. The molecule has 0 radical (unpaired) electrons. The molecule has 2 rings (SSSR count). The Bertz CT molecular complexity index is 387. The van der Waals surface area contributed by atoms with Gasteiger partial charge in [-0.2, -0.15) is 5.10 Å². The van der Waals surface area contributed by atoms with Crippen LogP contribution in [0.1, 0.15) is 63.8 Å². The summed E-state index contributed by atoms with van der Waals surface area (Å²) in [5.74, 6) is 1.67. The first kappa shape index (κ1) is 14.6. The Morgan fingerprint density at radius 2 is 1.95 bits per heavy atom. The Labute approximate surface area is 117 Å². The predicted octanol–water partition coefficient (Wildman–Crippen LogP) is 3.69. The number of nitrogens with zero attached hydrogens (tertiary/aromatic N) is 2. The van der Waals surface area contributed by atoms with Gasteiger partial charge in [-0.05, 0) is 51.0 Å². The summed E-state index contributed by atoms with van der Waals surface area (Å²) in [6.45, 7) is 11.1. The third kappa shape index (κ3) is 3.82. The van der Waals surface area contributed by atoms with Crippen molar-refractivity contribution >= 4 is 0 Å². The minimum absolute atomic E-state index is 0.609. The van der Waals surface area contributed by atoms with Gasteiger partial charge in [0.05, 0.1) is 11.7 Å². The van der Waals surface area contributed by atoms with Crippen LogP contribution in [0.25, 0.3) is 0 Å². The van der Waals surface area contributed by atoms with E-state index >= 15 is 0 Å². The molecule has 3 nitrogen and oxygen atoms in total. The minimum atomic E-state index is 0.609. The topological polar surface area (TPSA) is 29.9 Å². The first-order valence-corrected chi connectivity index (χ1v) is 7.85. The summed E-state index contributed by atoms with van der Waals surface area (Å²) in [7, 11) is 0. The van der Waals surface area contributed by atoms with Crippen molar-refractivity contribution < 1.29 is 0 Å². The van der Waals surface area contributed by atoms with Crippen molar-refractivity contribution in [2.75, 3.05) is 6.54 Å². The Morgan fingerprint density at radius 3 is 2.58 bits per heavy atom. The molecule has 2 atom stereocenters. The van der Waals surface area contributed by atoms with E-state index in [2.05, 4.69) is 43.9 Å². The zero-order chi connectivity index (χ0) is 13.8. The second-order valence-corrected chi connectivity index (χ2v) is 6.47. The van der Waals surface area contributed by atoms with Gasteiger partial charge in [-0.25, -0.2) is 0 Å². The van der Waals surface area contributed by atoms with Crippen LogP contribution in [0.5, 0.6) is 0 Å². The smallest absolute Gasteiger partial charge is 0.0638 e. The molecule has 1 aliphatic carbocycles. The number of nitrogens with one attached hydrogen (secondary N) is 1. The average Bonchev–Trinajstić information content (AvgIpc) is 2.70. The molecule has 0 saturated heterocycles. The average molecular weight is 263 g/mol. The van der Waals surface area contributed by atoms with Crippen LogP contribution in [0.3, 0.4) is 0 Å². The van der Waals surface area contributed by atoms with Gasteiger partial charge in [0, 0.05) is 18.3 Å². The zero-order valence-corrected chi connectivity index (χ0v) is 12.9. The lowest BCUT2D eigenvalue weighted by molar-refractivity contribution is 0.209. The Hall–Kier alpha value is -0.830. The van der Waals surface area contributed by atoms with Gasteiger partial charge < -0.3 is 5.32 Å². The SMILES string of the molecule is CCCNCc1cn(C2CC(C)CC(C)C2)nc1C. The maximum atomic E-state index is 4.76. The third-order valence-corrected chi connectivity index (χ3v) is 4.29. The van der Waals surface area contributed by atoms with E-state index in [-0.39, 0.29) is 0 Å². The quantitative estimate of drug-likeness (QED) is 0.821. The summed E-state index contributed by atoms with van der Waals surface area (Å²) in [4.78, 5) is 0. The highest BCUT2D eigenvalue weighted by atomic mass is 15.3. The summed E-state index contributed by atoms with van der Waals surface area (Å²) in [6, 6.07) is 0.609. The number of hydrogen-bond acceptors (Lipinski definition) is 2. The fourth-order valence-electron chi connectivity index (χ4n) is 3.40. The molecule has 0 aliphatic heterocycles. The molecule has 0 spiro atoms. The Morgan fingerprint density at radius 1 is 1.26 bits per heavy atom. The second kappa shape index (κ2) is 6.56. The van der Waals surface area contributed by atoms with Gasteiger partial charge in [0.25, 0.3) is 0 Å². The van der Waals surface area contributed by atoms with E-state index in [0.717, 1.165) is 24.9 Å². The van der Waals surface area contributed by atoms with Crippen molar-refractivity contribution in [1.29, 1.82) is 0 Å². The summed E-state index contributed by atoms with van der Waals surface area (Å²) in [6.07, 6.45) is 7.40. The number of hydrogen-bond donors (Lipinski definition) is 1. The number of aryl methyl sites for hydroxylation is 1. The van der Waals surface area contributed by atoms with E-state index in [1.54, 1.807) is 0 Å². The minimum Gasteiger partial charge on any atom is -0.313 e. The van der Waals surface area contributed by atoms with Gasteiger partial charge in [0.15, 0.2) is 0 Å². The van der Waals surface area contributed by atoms with Gasteiger partial charge in [-0.1, -0.05) is 20.8 Å². The lowest BCUT2D eigenvalue weighted by Crippen LogP contribution is -2.23. The van der Waals surface area contributed by atoms with Gasteiger partial charge in [0.2, 0.25) is 0 Å². The maximum absolute atomic E-state index is 4.76. The van der Waals surface area contributed by atoms with E-state index < -0.39 is 0 Å². The molecule has 108 valence electrons. The maximum Gasteiger partial charge on any atom is 0.0638 e. The second-order valence-electron chi connectivity index (χ2n) is 6.47. The third-order valence-electron chi connectivity index (χ3n) is 4.29. The van der Waals surface area contributed by atoms with Crippen LogP contribution in [0.4, 0.5) is 0 Å². The van der Waals surface area contributed by atoms with Crippen molar-refractivity contribution in [2.45, 2.75) is 66.0 Å². The molecule has 1 fully saturated rings. The van der Waals surface area contributed by atoms with Crippen molar-refractivity contribution in [3.8, 4) is 0 Å². The standard InChI is InChI=1S/C16H29N3/c1-5-6-17-10-15-11-19(18-14(15)4)16-8-12(2)7-13(3)9-16/h11-13,16-17H,5-10H2,1-4H3. The van der Waals surface area contributed by atoms with Crippen molar-refractivity contribution in [1.82, 2.24) is 15.1 Å². The van der Waals surface area contributed by atoms with Crippen LogP contribution >= 0.6 is 0 Å². The normalized spacial score (nSPS) is 27.7. The van der Waals surface area contributed by atoms with Gasteiger partial charge in [0.1, 0.15) is 0 Å². The molecule has 2 unspecified atom stereocenters. The molecule has 1 aromatic heterocycles. The first-order chi connectivity index (χ1) is 9.10. The Balaban J connectivity index is 2.02. The highest BCUT2D eigenvalue weighted by molar-refractivity contribution is 5.15. The fourth-order valence-corrected chi connectivity index (χ4v) is 3.40. The molecule has 0 aromatic carbocycles. The summed E-state index contributed by atoms with van der Waals surface area (Å²) in [5, 5.41) is 8.23. The lowest BCUT2D eigenvalue weighted by Gasteiger charge is -2.31. The molecule has 0 bridgehead atoms. The molecular formula is C16H29N3. The van der Waals surface area contributed by atoms with E-state index in [0.29, 0.717) is 6.04 Å². The van der Waals surface area contributed by atoms with Crippen LogP contribution in [0.2, 0.25) is 0 Å². The zero-order valence-electron chi connectivity index (χ0n) is 12.9. The van der Waals surface area contributed by atoms with Crippen LogP contribution < -0.4 is 5.32 Å². The lowest BCUT2D eigenvalue weighted by atomic mass is 9.80. The molecule has 1 saturated carbocycles. The van der Waals surface area contributed by atoms with Crippen LogP contribution in [-0.2, 0) is 6.54 Å². The van der Waals surface area contributed by atoms with Gasteiger partial charge in [-0.15, -0.1) is 0 Å². The van der Waals surface area contributed by atoms with Crippen molar-refractivity contribution in [3.05, 3.63) is 17.5 Å². The molecular weight excluding hydrogens is 234 g/mol. The monoisotopic (exact) mass is 263 g/mol. The Kier molecular flexibility index (Phi) is 5.03. The van der Waals surface area contributed by atoms with Crippen LogP contribution in [0, 0.1) is 18.8 Å². The highest BCUT2D eigenvalue weighted by Crippen LogP contribution is 2.35. The number of aromatic nitrogens is 2. The molecule has 1 N–H and O–H groups in total. The van der Waals surface area contributed by atoms with Crippen LogP contribution in [0.15, 0.2) is 6.20 Å². The highest BCUT2D eigenvalue weighted by Gasteiger charge is 2.26. The summed E-state index contributed by atoms with van der Waals surface area (Å²) < 4.78 is 2.24. The van der Waals surface area contributed by atoms with E-state index in [1.807, 2.05) is 0 Å². The molecule has 1 heterocycles. The van der Waals surface area contributed by atoms with Gasteiger partial charge >= 0.3 is 0 Å². The van der Waals surface area contributed by atoms with E-state index in [9.17, 15) is 0 Å². The predicted molar refractivity (Wildman–Crippen MR) is 80.2 cm³/mol. The molecule has 1 aliphatic rings. The molecule has 0 amide bonds. The van der Waals surface area contributed by atoms with Crippen molar-refractivity contribution in [3.63, 3.8) is 0 Å². The van der Waals surface area contributed by atoms with Crippen LogP contribution in [-0.4, -0.2) is 16.3 Å². The number of rotatable bonds is 5. The summed E-state index contributed by atoms with van der Waals surface area (Å²) in [5.41, 5.74) is 2.55. The largest absolute Gasteiger partial charge is 0.313 e. The van der Waals surface area contributed by atoms with Crippen molar-refractivity contribution in [2.24, 2.45) is 11.8 Å². The van der Waals surface area contributed by atoms with E-state index in [1.165, 1.54) is 36.9 Å². The molecule has 19 heavy (non-hydrogen) atoms. The fraction of sp³-hybridized carbons (Fsp3) is 0.812. The molecule has 3 heteroatoms. The van der Waals surface area contributed by atoms with E-state index in [4.69, 9.17) is 5.10 Å².